The molecule has 0 radical (unpaired) electrons. The Hall–Kier alpha value is -12.5. The summed E-state index contributed by atoms with van der Waals surface area (Å²) in [6.45, 7) is 7.17. The number of aryl methyl sites for hydroxylation is 3. The number of nitrogens with zero attached hydrogens (tertiary/aromatic N) is 4. The van der Waals surface area contributed by atoms with Crippen LogP contribution in [0.3, 0.4) is 0 Å². The van der Waals surface area contributed by atoms with Gasteiger partial charge in [0.25, 0.3) is 17.6 Å². The Balaban J connectivity index is 0.000000164. The first kappa shape index (κ1) is 105. The van der Waals surface area contributed by atoms with Crippen molar-refractivity contribution in [2.45, 2.75) is 140 Å². The second kappa shape index (κ2) is 49.1. The van der Waals surface area contributed by atoms with Crippen LogP contribution >= 0.6 is 44.7 Å². The monoisotopic (exact) mass is 1980 g/mol. The van der Waals surface area contributed by atoms with Gasteiger partial charge in [-0.05, 0) is 158 Å². The van der Waals surface area contributed by atoms with Crippen molar-refractivity contribution in [3.05, 3.63) is 402 Å². The highest BCUT2D eigenvalue weighted by Crippen LogP contribution is 2.51. The van der Waals surface area contributed by atoms with Crippen LogP contribution in [0.15, 0.2) is 274 Å². The maximum absolute atomic E-state index is 14.6. The molecule has 1 unspecified atom stereocenters. The highest BCUT2D eigenvalue weighted by molar-refractivity contribution is 6.92. The molecule has 2 spiro atoms. The van der Waals surface area contributed by atoms with Gasteiger partial charge in [-0.25, -0.2) is 18.0 Å². The van der Waals surface area contributed by atoms with Crippen molar-refractivity contribution in [2.24, 2.45) is 23.5 Å². The average molecular weight is 1990 g/mol. The van der Waals surface area contributed by atoms with Gasteiger partial charge in [-0.2, -0.15) is 9.90 Å². The number of rotatable bonds is 37. The number of pyridine rings is 2. The summed E-state index contributed by atoms with van der Waals surface area (Å²) in [6, 6.07) is 71.6. The molecule has 3 aromatic heterocycles. The van der Waals surface area contributed by atoms with Crippen LogP contribution in [0.5, 0.6) is 17.2 Å². The van der Waals surface area contributed by atoms with E-state index in [1.54, 1.807) is 94.6 Å². The van der Waals surface area contributed by atoms with Crippen molar-refractivity contribution in [3.8, 4) is 17.2 Å². The lowest BCUT2D eigenvalue weighted by Gasteiger charge is -2.54. The van der Waals surface area contributed by atoms with E-state index in [9.17, 15) is 56.3 Å². The number of ether oxygens (including phenoxy) is 7. The van der Waals surface area contributed by atoms with E-state index in [-0.39, 0.29) is 164 Å². The molecular formula is C110H113Cl3F3N6O17P. The van der Waals surface area contributed by atoms with Crippen molar-refractivity contribution >= 4 is 79.8 Å². The molecule has 3 saturated carbocycles. The normalized spacial score (nSPS) is 17.9. The molecular weight excluding hydrogens is 1870 g/mol. The summed E-state index contributed by atoms with van der Waals surface area (Å²) >= 11 is 17.6. The summed E-state index contributed by atoms with van der Waals surface area (Å²) in [5.41, 5.74) is 9.51. The van der Waals surface area contributed by atoms with E-state index in [1.807, 2.05) is 153 Å². The zero-order chi connectivity index (χ0) is 98.3. The number of carbonyl (C=O) groups excluding carboxylic acids is 6. The van der Waals surface area contributed by atoms with Crippen molar-refractivity contribution in [1.82, 2.24) is 24.3 Å². The van der Waals surface area contributed by atoms with Gasteiger partial charge in [0.2, 0.25) is 22.0 Å². The summed E-state index contributed by atoms with van der Waals surface area (Å²) in [6.07, 6.45) is 8.69. The van der Waals surface area contributed by atoms with Crippen molar-refractivity contribution in [1.29, 1.82) is 0 Å². The second-order valence-electron chi connectivity index (χ2n) is 35.9. The number of aromatic nitrogens is 2. The maximum atomic E-state index is 14.6. The Morgan fingerprint density at radius 1 is 0.421 bits per heavy atom. The van der Waals surface area contributed by atoms with Gasteiger partial charge in [-0.3, -0.25) is 38.4 Å². The average Bonchev–Trinajstić information content (AvgIpc) is 0.712. The smallest absolute Gasteiger partial charge is 0.378 e. The molecule has 2 amide bonds. The Morgan fingerprint density at radius 3 is 1.04 bits per heavy atom. The Kier molecular flexibility index (Phi) is 36.8. The number of benzene rings is 9. The lowest BCUT2D eigenvalue weighted by atomic mass is 9.67. The third kappa shape index (κ3) is 26.0. The van der Waals surface area contributed by atoms with Crippen LogP contribution in [0.4, 0.5) is 13.2 Å². The minimum atomic E-state index is -0.882. The number of carbonyl (C=O) groups is 6. The van der Waals surface area contributed by atoms with Crippen LogP contribution in [0.2, 0.25) is 15.1 Å². The van der Waals surface area contributed by atoms with Gasteiger partial charge in [-0.15, -0.1) is 0 Å². The highest BCUT2D eigenvalue weighted by Gasteiger charge is 2.54. The zero-order valence-corrected chi connectivity index (χ0v) is 82.1. The fourth-order valence-electron chi connectivity index (χ4n) is 18.6. The van der Waals surface area contributed by atoms with E-state index in [2.05, 4.69) is 17.4 Å². The quantitative estimate of drug-likeness (QED) is 0.0208. The minimum Gasteiger partial charge on any atom is -0.483 e. The summed E-state index contributed by atoms with van der Waals surface area (Å²) in [5.74, 6) is -4.84. The summed E-state index contributed by atoms with van der Waals surface area (Å²) in [7, 11) is 5.39. The topological polar surface area (TPSA) is 286 Å². The van der Waals surface area contributed by atoms with Crippen molar-refractivity contribution in [2.75, 3.05) is 67.2 Å². The number of esters is 1. The van der Waals surface area contributed by atoms with Crippen molar-refractivity contribution < 1.29 is 79.5 Å². The molecule has 30 heteroatoms. The first-order valence-electron chi connectivity index (χ1n) is 46.3. The predicted octanol–water partition coefficient (Wildman–Crippen LogP) is 19.5. The van der Waals surface area contributed by atoms with Crippen LogP contribution in [0.1, 0.15) is 177 Å². The van der Waals surface area contributed by atoms with Gasteiger partial charge in [-0.1, -0.05) is 253 Å². The number of ketones is 3. The number of Topliss-reactive ketones (excluding diaryl/α,β-unsaturated/α-hetero) is 3. The molecule has 1 atom stereocenters. The van der Waals surface area contributed by atoms with E-state index < -0.39 is 79.6 Å². The van der Waals surface area contributed by atoms with E-state index in [0.717, 1.165) is 60.1 Å². The van der Waals surface area contributed by atoms with Crippen LogP contribution < -0.4 is 41.5 Å². The summed E-state index contributed by atoms with van der Waals surface area (Å²) < 4.78 is 92.5. The minimum absolute atomic E-state index is 0. The SMILES string of the molecule is CCOC(=O)c1occ(C(=O)CCc2cccc(Cl)c2F)c(=O)c1OCc1ccccc1.CN1CC2(CC(COCc3ccccc3)C2)n2cc(C(=O)CCc3cccc(Cl)c3F)c(=O)c(OCc3ccccc3)c2C1=O.CN1CC2(CC(COCc3ccccc3)C2)n2cc(C(=O)CCc3cccc(Cl)c3F)c(=O)c(OCc3ccccc3)c2C1=O.CNCC1(N)CC(COCc2ccccc2)C1.P. The first-order valence-corrected chi connectivity index (χ1v) is 47.4. The van der Waals surface area contributed by atoms with Crippen LogP contribution in [0, 0.1) is 35.2 Å². The van der Waals surface area contributed by atoms with Gasteiger partial charge >= 0.3 is 5.97 Å². The number of hydrogen-bond donors (Lipinski definition) is 2. The van der Waals surface area contributed by atoms with E-state index >= 15 is 0 Å². The number of halogens is 6. The molecule has 17 rings (SSSR count). The van der Waals surface area contributed by atoms with E-state index in [0.29, 0.717) is 88.9 Å². The molecule has 732 valence electrons. The molecule has 5 aliphatic rings. The Labute approximate surface area is 828 Å². The van der Waals surface area contributed by atoms with Crippen LogP contribution in [-0.2, 0) is 88.9 Å². The fourth-order valence-corrected chi connectivity index (χ4v) is 19.2. The van der Waals surface area contributed by atoms with Gasteiger partial charge in [0.1, 0.15) is 49.1 Å². The molecule has 140 heavy (non-hydrogen) atoms. The molecule has 23 nitrogen and oxygen atoms in total. The largest absolute Gasteiger partial charge is 0.483 e. The molecule has 3 N–H and O–H groups in total. The molecule has 2 aliphatic heterocycles. The van der Waals surface area contributed by atoms with Crippen LogP contribution in [-0.4, -0.2) is 127 Å². The van der Waals surface area contributed by atoms with Gasteiger partial charge in [0, 0.05) is 77.5 Å². The maximum Gasteiger partial charge on any atom is 0.378 e. The molecule has 3 aliphatic carbocycles. The predicted molar refractivity (Wildman–Crippen MR) is 535 cm³/mol. The standard InChI is InChI=1S/2C36H34ClFN2O5.C24H20ClFO6.C14H22N2O.H3P/c2*1-39-23-36(17-26(18-36)21-44-20-24-9-4-2-5-10-24)40-19-28(30(41)16-15-27-13-8-14-29(37)31(27)38)33(42)34(32(40)35(39)43)45-22-25-11-6-3-7-12-25;1-2-30-24(29)23-22(31-13-15-7-4-3-5-8-15)21(28)17(14-32-23)19(27)12-11-16-9-6-10-18(25)20(16)26;1-16-11-14(15)7-13(8-14)10-17-9-12-5-3-2-4-6-12;/h2*2-14,19,26H,15-18,20-23H2,1H3;3-10,14H,2,11-13H2,1H3;2-6,13,16H,7-11,15H2,1H3;1H3. The Bertz CT molecular complexity index is 6250. The highest BCUT2D eigenvalue weighted by atomic mass is 35.5. The Morgan fingerprint density at radius 2 is 0.721 bits per heavy atom. The van der Waals surface area contributed by atoms with E-state index in [4.69, 9.17) is 78.1 Å². The number of nitrogens with two attached hydrogens (primary N) is 1. The second-order valence-corrected chi connectivity index (χ2v) is 37.1. The number of likely N-dealkylation sites (N-methyl/N-ethyl adjacent to an activating group) is 3. The third-order valence-corrected chi connectivity index (χ3v) is 26.3. The molecule has 0 bridgehead atoms. The lowest BCUT2D eigenvalue weighted by Crippen LogP contribution is -2.60. The third-order valence-electron chi connectivity index (χ3n) is 25.5. The molecule has 12 aromatic rings. The summed E-state index contributed by atoms with van der Waals surface area (Å²) in [4.78, 5) is 123. The van der Waals surface area contributed by atoms with Gasteiger partial charge in [0.15, 0.2) is 40.2 Å². The molecule has 5 heterocycles. The van der Waals surface area contributed by atoms with Crippen LogP contribution in [0.25, 0.3) is 0 Å². The molecule has 9 aromatic carbocycles. The number of nitrogens with one attached hydrogen (secondary N) is 1. The first-order chi connectivity index (χ1) is 67.1. The lowest BCUT2D eigenvalue weighted by molar-refractivity contribution is -0.0324. The van der Waals surface area contributed by atoms with Gasteiger partial charge in [0.05, 0.1) is 76.9 Å². The number of hydrogen-bond acceptors (Lipinski definition) is 19. The van der Waals surface area contributed by atoms with Gasteiger partial charge < -0.3 is 67.6 Å². The zero-order valence-electron chi connectivity index (χ0n) is 78.4. The van der Waals surface area contributed by atoms with E-state index in [1.165, 1.54) is 42.2 Å². The van der Waals surface area contributed by atoms with Crippen molar-refractivity contribution in [3.63, 3.8) is 0 Å². The number of amides is 2. The molecule has 0 saturated heterocycles. The molecule has 3 fully saturated rings. The number of fused-ring (bicyclic) bond motifs is 4. The fraction of sp³-hybridized carbons (Fsp3) is 0.318. The summed E-state index contributed by atoms with van der Waals surface area (Å²) in [5, 5.41) is 3.04.